The summed E-state index contributed by atoms with van der Waals surface area (Å²) in [5.41, 5.74) is 3.60. The van der Waals surface area contributed by atoms with Crippen LogP contribution in [-0.2, 0) is 15.4 Å². The molecule has 1 saturated carbocycles. The van der Waals surface area contributed by atoms with E-state index in [9.17, 15) is 4.79 Å². The molecule has 0 aliphatic heterocycles. The van der Waals surface area contributed by atoms with Gasteiger partial charge in [0.25, 0.3) is 0 Å². The highest BCUT2D eigenvalue weighted by Crippen LogP contribution is 2.46. The number of hydrogen-bond acceptors (Lipinski definition) is 7. The van der Waals surface area contributed by atoms with E-state index in [1.165, 1.54) is 6.33 Å². The van der Waals surface area contributed by atoms with E-state index in [2.05, 4.69) is 112 Å². The second-order valence-electron chi connectivity index (χ2n) is 15.8. The molecule has 3 aromatic heterocycles. The molecule has 0 bridgehead atoms. The van der Waals surface area contributed by atoms with Crippen LogP contribution in [0.1, 0.15) is 96.6 Å². The minimum Gasteiger partial charge on any atom is -0.416 e. The minimum atomic E-state index is -2.13. The van der Waals surface area contributed by atoms with Crippen molar-refractivity contribution in [2.45, 2.75) is 129 Å². The van der Waals surface area contributed by atoms with Crippen LogP contribution in [0.15, 0.2) is 53.9 Å². The number of aromatic nitrogens is 4. The fourth-order valence-corrected chi connectivity index (χ4v) is 14.2. The summed E-state index contributed by atoms with van der Waals surface area (Å²) >= 11 is 3.49. The molecule has 3 atom stereocenters. The van der Waals surface area contributed by atoms with Gasteiger partial charge in [-0.25, -0.2) is 9.97 Å². The molecule has 1 N–H and O–H groups in total. The molecule has 8 nitrogen and oxygen atoms in total. The van der Waals surface area contributed by atoms with E-state index in [-0.39, 0.29) is 28.9 Å². The SMILES string of the molecule is CC(C)[Si](O[C@H]1C[C@H](Nc2ncncc2C(=O)c2ccn(Cc3cncc(Br)c3)c2)C[C@@H]1CO[Si](C)(C)C(C)(C)C)(C(C)C)C(C)C. The largest absolute Gasteiger partial charge is 0.416 e. The number of hydrogen-bond donors (Lipinski definition) is 1. The number of anilines is 1. The third-order valence-electron chi connectivity index (χ3n) is 10.6. The molecular formula is C36H56BrN5O3Si2. The third-order valence-corrected chi connectivity index (χ3v) is 21.7. The van der Waals surface area contributed by atoms with Gasteiger partial charge in [0.15, 0.2) is 14.1 Å². The highest BCUT2D eigenvalue weighted by Gasteiger charge is 2.50. The van der Waals surface area contributed by atoms with E-state index in [0.29, 0.717) is 46.7 Å². The van der Waals surface area contributed by atoms with Crippen LogP contribution in [0.2, 0.25) is 34.8 Å². The molecule has 3 heterocycles. The van der Waals surface area contributed by atoms with Gasteiger partial charge in [-0.2, -0.15) is 0 Å². The Hall–Kier alpha value is -2.19. The number of ketones is 1. The number of halogens is 1. The predicted molar refractivity (Wildman–Crippen MR) is 200 cm³/mol. The summed E-state index contributed by atoms with van der Waals surface area (Å²) in [7, 11) is -4.08. The smallest absolute Gasteiger partial charge is 0.200 e. The summed E-state index contributed by atoms with van der Waals surface area (Å²) < 4.78 is 17.2. The Labute approximate surface area is 293 Å². The maximum atomic E-state index is 13.8. The van der Waals surface area contributed by atoms with Crippen LogP contribution in [0.25, 0.3) is 0 Å². The van der Waals surface area contributed by atoms with E-state index in [1.807, 2.05) is 35.3 Å². The van der Waals surface area contributed by atoms with Gasteiger partial charge in [0.2, 0.25) is 8.32 Å². The first-order valence-electron chi connectivity index (χ1n) is 17.1. The van der Waals surface area contributed by atoms with Gasteiger partial charge in [-0.15, -0.1) is 0 Å². The number of rotatable bonds is 14. The van der Waals surface area contributed by atoms with Crippen LogP contribution in [0.4, 0.5) is 5.82 Å². The highest BCUT2D eigenvalue weighted by molar-refractivity contribution is 9.10. The summed E-state index contributed by atoms with van der Waals surface area (Å²) in [4.78, 5) is 26.9. The van der Waals surface area contributed by atoms with Gasteiger partial charge in [0, 0.05) is 66.1 Å². The summed E-state index contributed by atoms with van der Waals surface area (Å²) in [5, 5.41) is 3.81. The molecule has 1 aliphatic rings. The second-order valence-corrected chi connectivity index (χ2v) is 26.9. The Morgan fingerprint density at radius 1 is 1.04 bits per heavy atom. The van der Waals surface area contributed by atoms with Crippen molar-refractivity contribution in [2.24, 2.45) is 5.92 Å². The molecule has 4 rings (SSSR count). The first-order chi connectivity index (χ1) is 21.9. The average molecular weight is 743 g/mol. The quantitative estimate of drug-likeness (QED) is 0.130. The topological polar surface area (TPSA) is 91.2 Å². The van der Waals surface area contributed by atoms with Gasteiger partial charge in [-0.3, -0.25) is 9.78 Å². The number of carbonyl (C=O) groups excluding carboxylic acids is 1. The molecule has 0 amide bonds. The second kappa shape index (κ2) is 15.1. The summed E-state index contributed by atoms with van der Waals surface area (Å²) in [5.74, 6) is 0.727. The van der Waals surface area contributed by atoms with E-state index in [4.69, 9.17) is 8.85 Å². The maximum absolute atomic E-state index is 13.8. The van der Waals surface area contributed by atoms with Crippen molar-refractivity contribution in [3.05, 3.63) is 70.6 Å². The molecule has 0 spiro atoms. The lowest BCUT2D eigenvalue weighted by Gasteiger charge is -2.45. The van der Waals surface area contributed by atoms with E-state index >= 15 is 0 Å². The van der Waals surface area contributed by atoms with Crippen molar-refractivity contribution in [2.75, 3.05) is 11.9 Å². The van der Waals surface area contributed by atoms with Crippen molar-refractivity contribution in [3.8, 4) is 0 Å². The normalized spacial score (nSPS) is 19.3. The first kappa shape index (κ1) is 37.6. The van der Waals surface area contributed by atoms with Crippen molar-refractivity contribution >= 4 is 44.2 Å². The Bertz CT molecular complexity index is 1480. The Morgan fingerprint density at radius 2 is 1.72 bits per heavy atom. The fraction of sp³-hybridized carbons (Fsp3) is 0.611. The van der Waals surface area contributed by atoms with E-state index in [1.54, 1.807) is 12.4 Å². The van der Waals surface area contributed by atoms with E-state index < -0.39 is 16.6 Å². The first-order valence-corrected chi connectivity index (χ1v) is 23.0. The monoisotopic (exact) mass is 741 g/mol. The van der Waals surface area contributed by atoms with Gasteiger partial charge in [-0.05, 0) is 81.2 Å². The molecular weight excluding hydrogens is 687 g/mol. The molecule has 0 radical (unpaired) electrons. The molecule has 0 saturated heterocycles. The molecule has 0 unspecified atom stereocenters. The van der Waals surface area contributed by atoms with Gasteiger partial charge in [0.05, 0.1) is 11.7 Å². The Kier molecular flexibility index (Phi) is 12.1. The molecule has 1 aliphatic carbocycles. The molecule has 47 heavy (non-hydrogen) atoms. The zero-order valence-corrected chi connectivity index (χ0v) is 33.9. The minimum absolute atomic E-state index is 0.0821. The van der Waals surface area contributed by atoms with Crippen LogP contribution in [0, 0.1) is 5.92 Å². The van der Waals surface area contributed by atoms with Crippen molar-refractivity contribution in [1.82, 2.24) is 19.5 Å². The lowest BCUT2D eigenvalue weighted by molar-refractivity contribution is 0.0971. The number of pyridine rings is 1. The predicted octanol–water partition coefficient (Wildman–Crippen LogP) is 9.49. The van der Waals surface area contributed by atoms with Gasteiger partial charge in [0.1, 0.15) is 12.1 Å². The Balaban J connectivity index is 1.56. The fourth-order valence-electron chi connectivity index (χ4n) is 7.11. The summed E-state index contributed by atoms with van der Waals surface area (Å²) in [6.07, 6.45) is 12.4. The Morgan fingerprint density at radius 3 is 2.34 bits per heavy atom. The standard InChI is InChI=1S/C36H56BrN5O3Si2/c1-24(2)47(25(3)4,26(5)6)45-33-16-31(15-29(33)22-44-46(10,11)36(7,8)9)41-35-32(19-39-23-40-35)34(43)28-12-13-42(21-28)20-27-14-30(37)18-38-17-27/h12-14,17-19,21,23-26,29,31,33H,15-16,20,22H2,1-11H3,(H,39,40,41)/t29-,31-,33+/m1/s1. The molecule has 11 heteroatoms. The molecule has 0 aromatic carbocycles. The van der Waals surface area contributed by atoms with Crippen LogP contribution >= 0.6 is 15.9 Å². The average Bonchev–Trinajstić information content (AvgIpc) is 3.60. The van der Waals surface area contributed by atoms with Gasteiger partial charge >= 0.3 is 0 Å². The van der Waals surface area contributed by atoms with Gasteiger partial charge in [-0.1, -0.05) is 62.3 Å². The third kappa shape index (κ3) is 8.70. The van der Waals surface area contributed by atoms with Crippen LogP contribution in [-0.4, -0.2) is 60.7 Å². The zero-order valence-electron chi connectivity index (χ0n) is 30.3. The molecule has 1 fully saturated rings. The lowest BCUT2D eigenvalue weighted by atomic mass is 10.1. The van der Waals surface area contributed by atoms with Crippen molar-refractivity contribution < 1.29 is 13.6 Å². The zero-order chi connectivity index (χ0) is 34.7. The maximum Gasteiger partial charge on any atom is 0.200 e. The highest BCUT2D eigenvalue weighted by atomic mass is 79.9. The van der Waals surface area contributed by atoms with Crippen molar-refractivity contribution in [3.63, 3.8) is 0 Å². The number of carbonyl (C=O) groups is 1. The molecule has 3 aromatic rings. The van der Waals surface area contributed by atoms with Crippen molar-refractivity contribution in [1.29, 1.82) is 0 Å². The lowest BCUT2D eigenvalue weighted by Crippen LogP contribution is -2.51. The van der Waals surface area contributed by atoms with Gasteiger partial charge < -0.3 is 18.7 Å². The number of nitrogens with zero attached hydrogens (tertiary/aromatic N) is 4. The number of nitrogens with one attached hydrogen (secondary N) is 1. The van der Waals surface area contributed by atoms with E-state index in [0.717, 1.165) is 22.9 Å². The summed E-state index contributed by atoms with van der Waals surface area (Å²) in [6.45, 7) is 26.9. The summed E-state index contributed by atoms with van der Waals surface area (Å²) in [6, 6.07) is 3.98. The van der Waals surface area contributed by atoms with Crippen LogP contribution in [0.3, 0.4) is 0 Å². The van der Waals surface area contributed by atoms with Crippen LogP contribution < -0.4 is 5.32 Å². The molecule has 258 valence electrons. The van der Waals surface area contributed by atoms with Crippen LogP contribution in [0.5, 0.6) is 0 Å².